The molecule has 1 N–H and O–H groups in total. The monoisotopic (exact) mass is 619 g/mol. The first-order valence-corrected chi connectivity index (χ1v) is 17.0. The van der Waals surface area contributed by atoms with E-state index in [4.69, 9.17) is 21.1 Å². The van der Waals surface area contributed by atoms with Crippen molar-refractivity contribution in [2.75, 3.05) is 6.61 Å². The molecule has 0 amide bonds. The molecule has 44 heavy (non-hydrogen) atoms. The van der Waals surface area contributed by atoms with E-state index < -0.39 is 11.3 Å². The van der Waals surface area contributed by atoms with E-state index in [2.05, 4.69) is 31.0 Å². The number of halogens is 1. The fraction of sp³-hybridized carbons (Fsp3) is 0.474. The second-order valence-electron chi connectivity index (χ2n) is 11.5. The average molecular weight is 620 g/mol. The SMILES string of the molecule is CCCCCCCCCCCCc1ccc(N=Cc2ccc(OC(=O)[C@@H](Cl)Cc3ccc(OCCCC)cc3)cc2O)cc1. The van der Waals surface area contributed by atoms with Crippen LogP contribution in [0.3, 0.4) is 0 Å². The highest BCUT2D eigenvalue weighted by atomic mass is 35.5. The zero-order valence-corrected chi connectivity index (χ0v) is 27.4. The van der Waals surface area contributed by atoms with Crippen molar-refractivity contribution < 1.29 is 19.4 Å². The highest BCUT2D eigenvalue weighted by Crippen LogP contribution is 2.25. The normalized spacial score (nSPS) is 12.0. The summed E-state index contributed by atoms with van der Waals surface area (Å²) in [5.74, 6) is 0.424. The van der Waals surface area contributed by atoms with Gasteiger partial charge in [-0.25, -0.2) is 0 Å². The quantitative estimate of drug-likeness (QED) is 0.0423. The summed E-state index contributed by atoms with van der Waals surface area (Å²) in [5.41, 5.74) is 3.58. The number of aryl methyl sites for hydroxylation is 1. The number of hydrogen-bond donors (Lipinski definition) is 1. The summed E-state index contributed by atoms with van der Waals surface area (Å²) in [6.45, 7) is 5.07. The molecule has 0 spiro atoms. The first kappa shape index (κ1) is 35.2. The van der Waals surface area contributed by atoms with Gasteiger partial charge in [0.2, 0.25) is 0 Å². The van der Waals surface area contributed by atoms with Crippen molar-refractivity contribution in [1.82, 2.24) is 0 Å². The van der Waals surface area contributed by atoms with E-state index in [1.165, 1.54) is 75.8 Å². The van der Waals surface area contributed by atoms with E-state index in [9.17, 15) is 9.90 Å². The molecule has 238 valence electrons. The Kier molecular flexibility index (Phi) is 16.5. The average Bonchev–Trinajstić information content (AvgIpc) is 3.03. The predicted molar refractivity (Wildman–Crippen MR) is 183 cm³/mol. The predicted octanol–water partition coefficient (Wildman–Crippen LogP) is 10.5. The Morgan fingerprint density at radius 2 is 1.36 bits per heavy atom. The van der Waals surface area contributed by atoms with Gasteiger partial charge in [-0.15, -0.1) is 11.6 Å². The van der Waals surface area contributed by atoms with Gasteiger partial charge in [-0.05, 0) is 73.2 Å². The first-order chi connectivity index (χ1) is 21.5. The van der Waals surface area contributed by atoms with Crippen LogP contribution in [0.15, 0.2) is 71.7 Å². The minimum atomic E-state index is -0.863. The molecule has 0 aliphatic rings. The van der Waals surface area contributed by atoms with Crippen LogP contribution in [0.1, 0.15) is 108 Å². The van der Waals surface area contributed by atoms with Crippen molar-refractivity contribution in [1.29, 1.82) is 0 Å². The van der Waals surface area contributed by atoms with Crippen LogP contribution in [0.4, 0.5) is 5.69 Å². The van der Waals surface area contributed by atoms with Crippen LogP contribution < -0.4 is 9.47 Å². The number of benzene rings is 3. The molecule has 0 unspecified atom stereocenters. The summed E-state index contributed by atoms with van der Waals surface area (Å²) in [6.07, 6.45) is 18.5. The number of carbonyl (C=O) groups is 1. The summed E-state index contributed by atoms with van der Waals surface area (Å²) in [7, 11) is 0. The van der Waals surface area contributed by atoms with Crippen LogP contribution in [0.2, 0.25) is 0 Å². The van der Waals surface area contributed by atoms with Crippen LogP contribution in [-0.2, 0) is 17.6 Å². The second-order valence-corrected chi connectivity index (χ2v) is 12.0. The van der Waals surface area contributed by atoms with Gasteiger partial charge in [0.1, 0.15) is 22.6 Å². The zero-order chi connectivity index (χ0) is 31.4. The van der Waals surface area contributed by atoms with Gasteiger partial charge in [0.15, 0.2) is 0 Å². The van der Waals surface area contributed by atoms with E-state index in [1.54, 1.807) is 18.3 Å². The Balaban J connectivity index is 1.38. The number of carbonyl (C=O) groups excluding carboxylic acids is 1. The molecular weight excluding hydrogens is 570 g/mol. The van der Waals surface area contributed by atoms with Crippen molar-refractivity contribution in [2.45, 2.75) is 109 Å². The van der Waals surface area contributed by atoms with E-state index in [0.717, 1.165) is 36.3 Å². The highest BCUT2D eigenvalue weighted by Gasteiger charge is 2.19. The zero-order valence-electron chi connectivity index (χ0n) is 26.6. The Labute approximate surface area is 269 Å². The summed E-state index contributed by atoms with van der Waals surface area (Å²) in [6, 6.07) is 20.5. The molecule has 3 aromatic rings. The maximum Gasteiger partial charge on any atom is 0.329 e. The third-order valence-electron chi connectivity index (χ3n) is 7.69. The molecule has 0 fully saturated rings. The number of unbranched alkanes of at least 4 members (excludes halogenated alkanes) is 10. The fourth-order valence-corrected chi connectivity index (χ4v) is 5.15. The number of phenolic OH excluding ortho intramolecular Hbond substituents is 1. The van der Waals surface area contributed by atoms with Gasteiger partial charge in [-0.2, -0.15) is 0 Å². The van der Waals surface area contributed by atoms with Gasteiger partial charge in [0.05, 0.1) is 12.3 Å². The van der Waals surface area contributed by atoms with Gasteiger partial charge in [-0.3, -0.25) is 9.79 Å². The molecule has 3 rings (SSSR count). The molecule has 0 heterocycles. The Bertz CT molecular complexity index is 1260. The fourth-order valence-electron chi connectivity index (χ4n) is 4.93. The lowest BCUT2D eigenvalue weighted by atomic mass is 10.0. The number of rotatable bonds is 21. The smallest absolute Gasteiger partial charge is 0.329 e. The molecule has 5 nitrogen and oxygen atoms in total. The summed E-state index contributed by atoms with van der Waals surface area (Å²) >= 11 is 6.34. The lowest BCUT2D eigenvalue weighted by Gasteiger charge is -2.11. The highest BCUT2D eigenvalue weighted by molar-refractivity contribution is 6.30. The molecule has 0 saturated heterocycles. The first-order valence-electron chi connectivity index (χ1n) is 16.5. The van der Waals surface area contributed by atoms with Crippen LogP contribution in [0, 0.1) is 0 Å². The van der Waals surface area contributed by atoms with Crippen molar-refractivity contribution in [2.24, 2.45) is 4.99 Å². The second kappa shape index (κ2) is 20.6. The van der Waals surface area contributed by atoms with E-state index in [1.807, 2.05) is 36.4 Å². The van der Waals surface area contributed by atoms with E-state index in [0.29, 0.717) is 18.6 Å². The van der Waals surface area contributed by atoms with E-state index in [-0.39, 0.29) is 11.5 Å². The molecule has 0 aromatic heterocycles. The topological polar surface area (TPSA) is 68.1 Å². The Hall–Kier alpha value is -3.31. The standard InChI is InChI=1S/C38H50ClNO4/c1-3-5-7-8-9-10-11-12-13-14-15-30-16-21-33(22-17-30)40-29-32-20-25-35(28-37(32)41)44-38(42)36(39)27-31-18-23-34(24-19-31)43-26-6-4-2/h16-25,28-29,36,41H,3-15,26-27H2,1-2H3/t36-/m0/s1. The third kappa shape index (κ3) is 13.5. The van der Waals surface area contributed by atoms with Crippen LogP contribution in [0.5, 0.6) is 17.2 Å². The molecule has 6 heteroatoms. The molecule has 0 radical (unpaired) electrons. The summed E-state index contributed by atoms with van der Waals surface area (Å²) in [5, 5.41) is 9.64. The van der Waals surface area contributed by atoms with Crippen LogP contribution >= 0.6 is 11.6 Å². The summed E-state index contributed by atoms with van der Waals surface area (Å²) < 4.78 is 11.1. The van der Waals surface area contributed by atoms with Crippen molar-refractivity contribution >= 4 is 29.5 Å². The van der Waals surface area contributed by atoms with Gasteiger partial charge in [-0.1, -0.05) is 102 Å². The number of phenols is 1. The number of aromatic hydroxyl groups is 1. The third-order valence-corrected chi connectivity index (χ3v) is 8.02. The number of aliphatic imine (C=N–C) groups is 1. The van der Waals surface area contributed by atoms with Crippen LogP contribution in [-0.4, -0.2) is 29.3 Å². The maximum absolute atomic E-state index is 12.6. The molecule has 0 saturated carbocycles. The number of alkyl halides is 1. The molecule has 0 aliphatic heterocycles. The lowest BCUT2D eigenvalue weighted by molar-refractivity contribution is -0.133. The molecular formula is C38H50ClNO4. The van der Waals surface area contributed by atoms with Crippen molar-refractivity contribution in [3.8, 4) is 17.2 Å². The molecule has 3 aromatic carbocycles. The number of ether oxygens (including phenoxy) is 2. The van der Waals surface area contributed by atoms with Gasteiger partial charge < -0.3 is 14.6 Å². The Morgan fingerprint density at radius 1 is 0.773 bits per heavy atom. The molecule has 0 bridgehead atoms. The molecule has 1 atom stereocenters. The van der Waals surface area contributed by atoms with Gasteiger partial charge >= 0.3 is 5.97 Å². The summed E-state index contributed by atoms with van der Waals surface area (Å²) in [4.78, 5) is 17.1. The van der Waals surface area contributed by atoms with Crippen molar-refractivity contribution in [3.05, 3.63) is 83.4 Å². The van der Waals surface area contributed by atoms with Crippen molar-refractivity contribution in [3.63, 3.8) is 0 Å². The lowest BCUT2D eigenvalue weighted by Crippen LogP contribution is -2.23. The largest absolute Gasteiger partial charge is 0.507 e. The van der Waals surface area contributed by atoms with Gasteiger partial charge in [0, 0.05) is 17.8 Å². The maximum atomic E-state index is 12.6. The van der Waals surface area contributed by atoms with Crippen LogP contribution in [0.25, 0.3) is 0 Å². The van der Waals surface area contributed by atoms with Gasteiger partial charge in [0.25, 0.3) is 0 Å². The number of nitrogens with zero attached hydrogens (tertiary/aromatic N) is 1. The minimum absolute atomic E-state index is 0.0265. The number of hydrogen-bond acceptors (Lipinski definition) is 5. The van der Waals surface area contributed by atoms with E-state index >= 15 is 0 Å². The minimum Gasteiger partial charge on any atom is -0.507 e. The molecule has 0 aliphatic carbocycles. The number of esters is 1. The Morgan fingerprint density at radius 3 is 2.00 bits per heavy atom.